The van der Waals surface area contributed by atoms with E-state index in [0.29, 0.717) is 19.5 Å². The van der Waals surface area contributed by atoms with E-state index in [1.165, 1.54) is 0 Å². The number of nitrogens with zero attached hydrogens (tertiary/aromatic N) is 2. The van der Waals surface area contributed by atoms with Crippen LogP contribution in [0.5, 0.6) is 5.75 Å². The second kappa shape index (κ2) is 7.90. The molecule has 1 saturated heterocycles. The molecule has 1 aromatic carbocycles. The number of aromatic nitrogens is 1. The average Bonchev–Trinajstić information content (AvgIpc) is 3.24. The summed E-state index contributed by atoms with van der Waals surface area (Å²) in [4.78, 5) is 45.5. The summed E-state index contributed by atoms with van der Waals surface area (Å²) in [6, 6.07) is 4.46. The van der Waals surface area contributed by atoms with Crippen molar-refractivity contribution in [1.82, 2.24) is 20.1 Å². The number of rotatable bonds is 7. The molecule has 0 bridgehead atoms. The van der Waals surface area contributed by atoms with Crippen LogP contribution >= 0.6 is 0 Å². The summed E-state index contributed by atoms with van der Waals surface area (Å²) in [5.74, 6) is 0.0711. The highest BCUT2D eigenvalue weighted by Gasteiger charge is 2.60. The highest BCUT2D eigenvalue weighted by Crippen LogP contribution is 2.45. The van der Waals surface area contributed by atoms with Crippen LogP contribution in [-0.2, 0) is 21.5 Å². The predicted molar refractivity (Wildman–Crippen MR) is 117 cm³/mol. The molecule has 8 nitrogen and oxygen atoms in total. The van der Waals surface area contributed by atoms with Gasteiger partial charge < -0.3 is 19.9 Å². The van der Waals surface area contributed by atoms with Gasteiger partial charge in [0, 0.05) is 24.0 Å². The van der Waals surface area contributed by atoms with E-state index < -0.39 is 17.6 Å². The fourth-order valence-corrected chi connectivity index (χ4v) is 4.77. The van der Waals surface area contributed by atoms with Crippen LogP contribution in [0.4, 0.5) is 4.79 Å². The fraction of sp³-hybridized carbons (Fsp3) is 0.522. The normalized spacial score (nSPS) is 21.3. The molecule has 2 aliphatic rings. The van der Waals surface area contributed by atoms with E-state index in [1.54, 1.807) is 25.9 Å². The van der Waals surface area contributed by atoms with Crippen LogP contribution in [-0.4, -0.2) is 58.9 Å². The van der Waals surface area contributed by atoms with Crippen molar-refractivity contribution in [3.8, 4) is 5.75 Å². The first-order valence-electron chi connectivity index (χ1n) is 11.0. The molecular weight excluding hydrogens is 396 g/mol. The summed E-state index contributed by atoms with van der Waals surface area (Å²) >= 11 is 0. The summed E-state index contributed by atoms with van der Waals surface area (Å²) < 4.78 is 5.36. The van der Waals surface area contributed by atoms with Crippen molar-refractivity contribution < 1.29 is 19.1 Å². The van der Waals surface area contributed by atoms with Crippen LogP contribution in [0.25, 0.3) is 10.9 Å². The van der Waals surface area contributed by atoms with Gasteiger partial charge >= 0.3 is 6.03 Å². The van der Waals surface area contributed by atoms with Crippen LogP contribution in [0.15, 0.2) is 18.2 Å². The molecule has 0 saturated carbocycles. The second-order valence-electron chi connectivity index (χ2n) is 8.50. The third-order valence-electron chi connectivity index (χ3n) is 6.64. The Morgan fingerprint density at radius 1 is 1.32 bits per heavy atom. The van der Waals surface area contributed by atoms with E-state index in [4.69, 9.17) is 4.74 Å². The number of urea groups is 1. The molecule has 166 valence electrons. The maximum Gasteiger partial charge on any atom is 0.328 e. The molecule has 3 heterocycles. The summed E-state index contributed by atoms with van der Waals surface area (Å²) in [5.41, 5.74) is 1.48. The zero-order valence-corrected chi connectivity index (χ0v) is 18.6. The van der Waals surface area contributed by atoms with E-state index in [2.05, 4.69) is 17.2 Å². The van der Waals surface area contributed by atoms with Gasteiger partial charge in [0.25, 0.3) is 5.91 Å². The number of methoxy groups -OCH3 is 1. The molecule has 0 spiro atoms. The minimum Gasteiger partial charge on any atom is -0.497 e. The van der Waals surface area contributed by atoms with Crippen LogP contribution in [0.1, 0.15) is 51.3 Å². The Kier molecular flexibility index (Phi) is 5.41. The number of carbonyl (C=O) groups is 3. The maximum absolute atomic E-state index is 13.6. The van der Waals surface area contributed by atoms with Crippen LogP contribution in [0, 0.1) is 0 Å². The van der Waals surface area contributed by atoms with Gasteiger partial charge in [-0.15, -0.1) is 0 Å². The fourth-order valence-electron chi connectivity index (χ4n) is 4.77. The lowest BCUT2D eigenvalue weighted by Crippen LogP contribution is -2.50. The Bertz CT molecular complexity index is 1050. The predicted octanol–water partition coefficient (Wildman–Crippen LogP) is 2.91. The summed E-state index contributed by atoms with van der Waals surface area (Å²) in [5, 5.41) is 3.85. The second-order valence-corrected chi connectivity index (χ2v) is 8.50. The number of imide groups is 1. The largest absolute Gasteiger partial charge is 0.497 e. The zero-order chi connectivity index (χ0) is 22.3. The number of benzene rings is 1. The molecule has 0 unspecified atom stereocenters. The quantitative estimate of drug-likeness (QED) is 0.526. The molecule has 31 heavy (non-hydrogen) atoms. The summed E-state index contributed by atoms with van der Waals surface area (Å²) in [7, 11) is 1.62. The third kappa shape index (κ3) is 3.16. The molecule has 8 heteroatoms. The average molecular weight is 427 g/mol. The lowest BCUT2D eigenvalue weighted by atomic mass is 9.87. The molecule has 1 aromatic heterocycles. The van der Waals surface area contributed by atoms with Gasteiger partial charge in [-0.2, -0.15) is 0 Å². The van der Waals surface area contributed by atoms with Crippen molar-refractivity contribution in [3.63, 3.8) is 0 Å². The lowest BCUT2D eigenvalue weighted by molar-refractivity contribution is -0.139. The minimum absolute atomic E-state index is 0.303. The smallest absolute Gasteiger partial charge is 0.328 e. The van der Waals surface area contributed by atoms with Gasteiger partial charge in [0.15, 0.2) is 5.54 Å². The Hall–Kier alpha value is -3.03. The molecule has 2 aromatic rings. The maximum atomic E-state index is 13.6. The van der Waals surface area contributed by atoms with Crippen molar-refractivity contribution in [2.75, 3.05) is 20.2 Å². The van der Waals surface area contributed by atoms with E-state index in [-0.39, 0.29) is 11.8 Å². The number of carbonyl (C=O) groups excluding carboxylic acids is 3. The number of unbranched alkanes of at least 4 members (excludes halogenated alkanes) is 2. The van der Waals surface area contributed by atoms with E-state index in [1.807, 2.05) is 18.2 Å². The van der Waals surface area contributed by atoms with Crippen molar-refractivity contribution >= 4 is 28.7 Å². The number of amides is 4. The first-order chi connectivity index (χ1) is 14.8. The molecule has 4 amide bonds. The Balaban J connectivity index is 1.65. The van der Waals surface area contributed by atoms with Gasteiger partial charge in [-0.05, 0) is 50.5 Å². The zero-order valence-electron chi connectivity index (χ0n) is 18.6. The number of ether oxygens (including phenoxy) is 1. The first kappa shape index (κ1) is 21.2. The minimum atomic E-state index is -1.16. The molecule has 2 N–H and O–H groups in total. The Morgan fingerprint density at radius 2 is 2.10 bits per heavy atom. The van der Waals surface area contributed by atoms with Gasteiger partial charge in [0.05, 0.1) is 12.8 Å². The van der Waals surface area contributed by atoms with Crippen LogP contribution < -0.4 is 10.1 Å². The summed E-state index contributed by atoms with van der Waals surface area (Å²) in [6.45, 7) is 6.44. The number of aromatic amines is 1. The van der Waals surface area contributed by atoms with Crippen molar-refractivity contribution in [2.45, 2.75) is 58.0 Å². The Morgan fingerprint density at radius 3 is 2.81 bits per heavy atom. The summed E-state index contributed by atoms with van der Waals surface area (Å²) in [6.07, 6.45) is 3.59. The standard InChI is InChI=1S/C23H30N4O4/c1-5-6-7-11-24-20(28)14(2)27-21(29)23(3)19-16(10-12-26(23)22(27)30)17-13-15(31-4)8-9-18(17)25-19/h8-9,13-14,25H,5-7,10-12H2,1-4H3,(H,24,28)/t14-,23-/m0/s1. The molecular formula is C23H30N4O4. The lowest BCUT2D eigenvalue weighted by Gasteiger charge is -2.36. The first-order valence-corrected chi connectivity index (χ1v) is 11.0. The molecule has 0 aliphatic carbocycles. The topological polar surface area (TPSA) is 94.7 Å². The highest BCUT2D eigenvalue weighted by atomic mass is 16.5. The van der Waals surface area contributed by atoms with E-state index in [9.17, 15) is 14.4 Å². The van der Waals surface area contributed by atoms with Gasteiger partial charge in [-0.1, -0.05) is 19.8 Å². The van der Waals surface area contributed by atoms with Gasteiger partial charge in [-0.3, -0.25) is 9.59 Å². The monoisotopic (exact) mass is 426 g/mol. The van der Waals surface area contributed by atoms with Crippen LogP contribution in [0.3, 0.4) is 0 Å². The van der Waals surface area contributed by atoms with Gasteiger partial charge in [0.2, 0.25) is 5.91 Å². The molecule has 0 radical (unpaired) electrons. The number of hydrogen-bond donors (Lipinski definition) is 2. The van der Waals surface area contributed by atoms with E-state index >= 15 is 0 Å². The Labute approximate surface area is 181 Å². The van der Waals surface area contributed by atoms with Crippen molar-refractivity contribution in [2.24, 2.45) is 0 Å². The number of fused-ring (bicyclic) bond motifs is 5. The molecule has 1 fully saturated rings. The van der Waals surface area contributed by atoms with Crippen molar-refractivity contribution in [1.29, 1.82) is 0 Å². The van der Waals surface area contributed by atoms with Crippen molar-refractivity contribution in [3.05, 3.63) is 29.5 Å². The number of H-pyrrole nitrogens is 1. The number of hydrogen-bond acceptors (Lipinski definition) is 4. The molecule has 2 atom stereocenters. The van der Waals surface area contributed by atoms with Gasteiger partial charge in [0.1, 0.15) is 11.8 Å². The third-order valence-corrected chi connectivity index (χ3v) is 6.64. The van der Waals surface area contributed by atoms with Gasteiger partial charge in [-0.25, -0.2) is 9.69 Å². The molecule has 4 rings (SSSR count). The molecule has 2 aliphatic heterocycles. The van der Waals surface area contributed by atoms with E-state index in [0.717, 1.165) is 52.1 Å². The highest BCUT2D eigenvalue weighted by molar-refractivity contribution is 6.11. The number of nitrogens with one attached hydrogen (secondary N) is 2. The van der Waals surface area contributed by atoms with Crippen LogP contribution in [0.2, 0.25) is 0 Å². The SMILES string of the molecule is CCCCCNC(=O)[C@H](C)N1C(=O)N2CCc3c([nH]c4ccc(OC)cc34)[C@@]2(C)C1=O.